The minimum atomic E-state index is -1.09. The maximum Gasteiger partial charge on any atom is 0.305 e. The van der Waals surface area contributed by atoms with Crippen LogP contribution < -0.4 is 9.47 Å². The highest BCUT2D eigenvalue weighted by molar-refractivity contribution is 6.01. The fraction of sp³-hybridized carbons (Fsp3) is 0.222. The highest BCUT2D eigenvalue weighted by Crippen LogP contribution is 2.28. The fourth-order valence-electron chi connectivity index (χ4n) is 3.33. The third kappa shape index (κ3) is 6.59. The van der Waals surface area contributed by atoms with Crippen molar-refractivity contribution in [3.8, 4) is 17.6 Å². The summed E-state index contributed by atoms with van der Waals surface area (Å²) in [6.07, 6.45) is -0.262. The Bertz CT molecular complexity index is 1150. The second-order valence-corrected chi connectivity index (χ2v) is 7.85. The van der Waals surface area contributed by atoms with Gasteiger partial charge in [0.2, 0.25) is 0 Å². The zero-order chi connectivity index (χ0) is 24.4. The topological polar surface area (TPSA) is 101 Å². The van der Waals surface area contributed by atoms with E-state index in [0.717, 1.165) is 11.1 Å². The van der Waals surface area contributed by atoms with Crippen molar-refractivity contribution in [1.29, 1.82) is 5.26 Å². The molecule has 3 aromatic carbocycles. The van der Waals surface area contributed by atoms with Gasteiger partial charge >= 0.3 is 5.97 Å². The molecule has 174 valence electrons. The van der Waals surface area contributed by atoms with Crippen molar-refractivity contribution < 1.29 is 24.2 Å². The zero-order valence-corrected chi connectivity index (χ0v) is 19.1. The first kappa shape index (κ1) is 24.3. The standard InChI is InChI=1S/C27H26N2O5/c1-27(19-28,16-26(30)31)22-10-14-24(15-11-22)33-17-20-8-12-23(13-9-20)34-18-25(29-32-2)21-6-4-3-5-7-21/h3-15H,16-18H2,1-2H3,(H,30,31). The molecule has 1 N–H and O–H groups in total. The number of aliphatic carboxylic acids is 1. The van der Waals surface area contributed by atoms with Crippen molar-refractivity contribution in [1.82, 2.24) is 0 Å². The van der Waals surface area contributed by atoms with E-state index in [0.29, 0.717) is 29.4 Å². The van der Waals surface area contributed by atoms with E-state index in [1.54, 1.807) is 31.2 Å². The Balaban J connectivity index is 1.55. The van der Waals surface area contributed by atoms with Crippen molar-refractivity contribution in [2.24, 2.45) is 5.16 Å². The summed E-state index contributed by atoms with van der Waals surface area (Å²) in [6.45, 7) is 2.23. The molecule has 3 aromatic rings. The molecule has 0 aliphatic heterocycles. The number of hydrogen-bond donors (Lipinski definition) is 1. The van der Waals surface area contributed by atoms with E-state index in [1.807, 2.05) is 54.6 Å². The number of ether oxygens (including phenoxy) is 2. The molecule has 0 aromatic heterocycles. The molecule has 0 aliphatic rings. The Labute approximate surface area is 198 Å². The maximum absolute atomic E-state index is 11.1. The Morgan fingerprint density at radius 3 is 2.18 bits per heavy atom. The second-order valence-electron chi connectivity index (χ2n) is 7.85. The van der Waals surface area contributed by atoms with Gasteiger partial charge in [-0.25, -0.2) is 0 Å². The number of hydrogen-bond acceptors (Lipinski definition) is 6. The van der Waals surface area contributed by atoms with Crippen LogP contribution in [0.3, 0.4) is 0 Å². The van der Waals surface area contributed by atoms with Crippen LogP contribution in [0.15, 0.2) is 84.0 Å². The molecule has 1 unspecified atom stereocenters. The van der Waals surface area contributed by atoms with Crippen LogP contribution >= 0.6 is 0 Å². The molecule has 1 atom stereocenters. The molecule has 7 heteroatoms. The number of nitrogens with zero attached hydrogens (tertiary/aromatic N) is 2. The first-order valence-electron chi connectivity index (χ1n) is 10.7. The van der Waals surface area contributed by atoms with Crippen LogP contribution in [0.1, 0.15) is 30.0 Å². The Morgan fingerprint density at radius 1 is 0.971 bits per heavy atom. The molecule has 0 saturated carbocycles. The van der Waals surface area contributed by atoms with Crippen LogP contribution in [0.2, 0.25) is 0 Å². The SMILES string of the molecule is CON=C(COc1ccc(COc2ccc(C(C)(C#N)CC(=O)O)cc2)cc1)c1ccccc1. The molecule has 0 fully saturated rings. The summed E-state index contributed by atoms with van der Waals surface area (Å²) in [7, 11) is 1.50. The lowest BCUT2D eigenvalue weighted by Crippen LogP contribution is -2.23. The van der Waals surface area contributed by atoms with Crippen LogP contribution in [0.4, 0.5) is 0 Å². The molecule has 0 aliphatic carbocycles. The molecule has 7 nitrogen and oxygen atoms in total. The largest absolute Gasteiger partial charge is 0.489 e. The van der Waals surface area contributed by atoms with Gasteiger partial charge in [-0.15, -0.1) is 0 Å². The monoisotopic (exact) mass is 458 g/mol. The Kier molecular flexibility index (Phi) is 8.25. The minimum absolute atomic E-state index is 0.262. The summed E-state index contributed by atoms with van der Waals surface area (Å²) < 4.78 is 11.7. The molecule has 34 heavy (non-hydrogen) atoms. The number of oxime groups is 1. The van der Waals surface area contributed by atoms with E-state index >= 15 is 0 Å². The van der Waals surface area contributed by atoms with Crippen LogP contribution in [0.5, 0.6) is 11.5 Å². The van der Waals surface area contributed by atoms with Gasteiger partial charge in [0.05, 0.1) is 17.9 Å². The lowest BCUT2D eigenvalue weighted by Gasteiger charge is -2.20. The van der Waals surface area contributed by atoms with Gasteiger partial charge < -0.3 is 19.4 Å². The average molecular weight is 459 g/mol. The van der Waals surface area contributed by atoms with Crippen LogP contribution in [0, 0.1) is 11.3 Å². The van der Waals surface area contributed by atoms with E-state index in [9.17, 15) is 10.1 Å². The molecule has 0 saturated heterocycles. The zero-order valence-electron chi connectivity index (χ0n) is 19.1. The van der Waals surface area contributed by atoms with Crippen molar-refractivity contribution in [3.05, 3.63) is 95.6 Å². The summed E-state index contributed by atoms with van der Waals surface area (Å²) in [5.74, 6) is 0.309. The smallest absolute Gasteiger partial charge is 0.305 e. The Hall–Kier alpha value is -4.31. The molecular weight excluding hydrogens is 432 g/mol. The predicted octanol–water partition coefficient (Wildman–Crippen LogP) is 4.95. The number of carbonyl (C=O) groups is 1. The first-order valence-corrected chi connectivity index (χ1v) is 10.7. The van der Waals surface area contributed by atoms with Gasteiger partial charge in [0.15, 0.2) is 0 Å². The van der Waals surface area contributed by atoms with Crippen molar-refractivity contribution in [3.63, 3.8) is 0 Å². The van der Waals surface area contributed by atoms with Gasteiger partial charge in [0.1, 0.15) is 37.5 Å². The van der Waals surface area contributed by atoms with E-state index in [4.69, 9.17) is 19.4 Å². The minimum Gasteiger partial charge on any atom is -0.489 e. The fourth-order valence-corrected chi connectivity index (χ4v) is 3.33. The number of carboxylic acid groups (broad SMARTS) is 1. The third-order valence-electron chi connectivity index (χ3n) is 5.26. The van der Waals surface area contributed by atoms with Gasteiger partial charge in [0, 0.05) is 5.56 Å². The lowest BCUT2D eigenvalue weighted by atomic mass is 9.81. The summed E-state index contributed by atoms with van der Waals surface area (Å²) in [6, 6.07) is 26.3. The summed E-state index contributed by atoms with van der Waals surface area (Å²) >= 11 is 0. The number of carboxylic acids is 1. The molecule has 0 spiro atoms. The molecule has 0 amide bonds. The van der Waals surface area contributed by atoms with Crippen LogP contribution in [-0.2, 0) is 21.7 Å². The maximum atomic E-state index is 11.1. The first-order chi connectivity index (χ1) is 16.4. The highest BCUT2D eigenvalue weighted by atomic mass is 16.6. The van der Waals surface area contributed by atoms with E-state index in [2.05, 4.69) is 11.2 Å². The summed E-state index contributed by atoms with van der Waals surface area (Å²) in [5, 5.41) is 22.5. The van der Waals surface area contributed by atoms with Gasteiger partial charge in [0.25, 0.3) is 0 Å². The van der Waals surface area contributed by atoms with Gasteiger partial charge in [-0.2, -0.15) is 5.26 Å². The highest BCUT2D eigenvalue weighted by Gasteiger charge is 2.29. The normalized spacial score (nSPS) is 12.8. The second kappa shape index (κ2) is 11.5. The quantitative estimate of drug-likeness (QED) is 0.322. The molecule has 0 heterocycles. The van der Waals surface area contributed by atoms with Crippen LogP contribution in [-0.4, -0.2) is 30.5 Å². The predicted molar refractivity (Wildman–Crippen MR) is 128 cm³/mol. The van der Waals surface area contributed by atoms with Crippen molar-refractivity contribution in [2.75, 3.05) is 13.7 Å². The summed E-state index contributed by atoms with van der Waals surface area (Å²) in [4.78, 5) is 16.0. The summed E-state index contributed by atoms with van der Waals surface area (Å²) in [5.41, 5.74) is 2.12. The average Bonchev–Trinajstić information content (AvgIpc) is 2.86. The van der Waals surface area contributed by atoms with E-state index in [-0.39, 0.29) is 13.0 Å². The third-order valence-corrected chi connectivity index (χ3v) is 5.26. The lowest BCUT2D eigenvalue weighted by molar-refractivity contribution is -0.137. The molecule has 3 rings (SSSR count). The van der Waals surface area contributed by atoms with Gasteiger partial charge in [-0.05, 0) is 42.3 Å². The van der Waals surface area contributed by atoms with Gasteiger partial charge in [-0.1, -0.05) is 59.8 Å². The molecular formula is C27H26N2O5. The van der Waals surface area contributed by atoms with E-state index in [1.165, 1.54) is 7.11 Å². The van der Waals surface area contributed by atoms with Crippen molar-refractivity contribution in [2.45, 2.75) is 25.4 Å². The van der Waals surface area contributed by atoms with Gasteiger partial charge in [-0.3, -0.25) is 4.79 Å². The van der Waals surface area contributed by atoms with Crippen molar-refractivity contribution >= 4 is 11.7 Å². The number of rotatable bonds is 11. The number of benzene rings is 3. The van der Waals surface area contributed by atoms with E-state index < -0.39 is 11.4 Å². The number of nitriles is 1. The Morgan fingerprint density at radius 2 is 1.59 bits per heavy atom. The van der Waals surface area contributed by atoms with Crippen LogP contribution in [0.25, 0.3) is 0 Å². The molecule has 0 bridgehead atoms. The molecule has 0 radical (unpaired) electrons.